The standard InChI is InChI=1S/C19H24N4/c1-13-8-10-20-17(12-13)18(15-6-7-15)23-19-21-11-9-16(22-19)14-4-2-3-5-14/h8-12,14-15,18H,2-7H2,1H3,(H,21,22,23)/t18-/m1/s1. The highest BCUT2D eigenvalue weighted by Gasteiger charge is 2.34. The van der Waals surface area contributed by atoms with Crippen LogP contribution in [0, 0.1) is 12.8 Å². The fourth-order valence-corrected chi connectivity index (χ4v) is 3.62. The van der Waals surface area contributed by atoms with Gasteiger partial charge in [0, 0.05) is 24.0 Å². The summed E-state index contributed by atoms with van der Waals surface area (Å²) in [5.41, 5.74) is 3.57. The lowest BCUT2D eigenvalue weighted by molar-refractivity contribution is 0.644. The van der Waals surface area contributed by atoms with Crippen molar-refractivity contribution in [2.75, 3.05) is 5.32 Å². The van der Waals surface area contributed by atoms with E-state index >= 15 is 0 Å². The van der Waals surface area contributed by atoms with Crippen LogP contribution >= 0.6 is 0 Å². The predicted octanol–water partition coefficient (Wildman–Crippen LogP) is 4.40. The van der Waals surface area contributed by atoms with Gasteiger partial charge in [-0.2, -0.15) is 0 Å². The third kappa shape index (κ3) is 3.36. The first-order chi connectivity index (χ1) is 11.3. The Morgan fingerprint density at radius 1 is 1.04 bits per heavy atom. The van der Waals surface area contributed by atoms with Crippen LogP contribution in [0.25, 0.3) is 0 Å². The van der Waals surface area contributed by atoms with Crippen molar-refractivity contribution in [3.8, 4) is 0 Å². The third-order valence-electron chi connectivity index (χ3n) is 5.08. The van der Waals surface area contributed by atoms with E-state index in [1.807, 2.05) is 18.5 Å². The fourth-order valence-electron chi connectivity index (χ4n) is 3.62. The molecular formula is C19H24N4. The summed E-state index contributed by atoms with van der Waals surface area (Å²) in [7, 11) is 0. The lowest BCUT2D eigenvalue weighted by atomic mass is 10.0. The molecule has 2 aliphatic rings. The molecular weight excluding hydrogens is 284 g/mol. The van der Waals surface area contributed by atoms with Gasteiger partial charge in [0.1, 0.15) is 0 Å². The van der Waals surface area contributed by atoms with Gasteiger partial charge in [-0.15, -0.1) is 0 Å². The zero-order valence-electron chi connectivity index (χ0n) is 13.7. The van der Waals surface area contributed by atoms with Crippen molar-refractivity contribution in [2.45, 2.75) is 57.4 Å². The van der Waals surface area contributed by atoms with Crippen molar-refractivity contribution < 1.29 is 0 Å². The zero-order chi connectivity index (χ0) is 15.6. The number of hydrogen-bond acceptors (Lipinski definition) is 4. The Morgan fingerprint density at radius 3 is 2.57 bits per heavy atom. The summed E-state index contributed by atoms with van der Waals surface area (Å²) in [6, 6.07) is 6.54. The van der Waals surface area contributed by atoms with Crippen LogP contribution in [0.3, 0.4) is 0 Å². The molecule has 1 N–H and O–H groups in total. The van der Waals surface area contributed by atoms with Crippen LogP contribution in [0.5, 0.6) is 0 Å². The van der Waals surface area contributed by atoms with E-state index in [0.717, 1.165) is 11.6 Å². The van der Waals surface area contributed by atoms with Crippen LogP contribution in [-0.2, 0) is 0 Å². The molecule has 0 radical (unpaired) electrons. The van der Waals surface area contributed by atoms with E-state index in [-0.39, 0.29) is 6.04 Å². The molecule has 23 heavy (non-hydrogen) atoms. The molecule has 4 heteroatoms. The van der Waals surface area contributed by atoms with Gasteiger partial charge in [0.05, 0.1) is 11.7 Å². The average molecular weight is 308 g/mol. The summed E-state index contributed by atoms with van der Waals surface area (Å²) in [5, 5.41) is 3.56. The third-order valence-corrected chi connectivity index (χ3v) is 5.08. The smallest absolute Gasteiger partial charge is 0.223 e. The largest absolute Gasteiger partial charge is 0.346 e. The number of aromatic nitrogens is 3. The summed E-state index contributed by atoms with van der Waals surface area (Å²) >= 11 is 0. The van der Waals surface area contributed by atoms with Gasteiger partial charge >= 0.3 is 0 Å². The van der Waals surface area contributed by atoms with Gasteiger partial charge < -0.3 is 5.32 Å². The SMILES string of the molecule is Cc1ccnc([C@H](Nc2nccc(C3CCCC3)n2)C2CC2)c1. The van der Waals surface area contributed by atoms with Crippen molar-refractivity contribution in [3.63, 3.8) is 0 Å². The first-order valence-electron chi connectivity index (χ1n) is 8.81. The Morgan fingerprint density at radius 2 is 1.83 bits per heavy atom. The van der Waals surface area contributed by atoms with Gasteiger partial charge in [0.15, 0.2) is 0 Å². The van der Waals surface area contributed by atoms with Crippen molar-refractivity contribution >= 4 is 5.95 Å². The minimum Gasteiger partial charge on any atom is -0.346 e. The van der Waals surface area contributed by atoms with Gasteiger partial charge in [-0.25, -0.2) is 9.97 Å². The highest BCUT2D eigenvalue weighted by molar-refractivity contribution is 5.33. The molecule has 4 rings (SSSR count). The number of hydrogen-bond donors (Lipinski definition) is 1. The maximum absolute atomic E-state index is 4.80. The second-order valence-electron chi connectivity index (χ2n) is 7.00. The Hall–Kier alpha value is -1.97. The molecule has 2 fully saturated rings. The number of nitrogens with one attached hydrogen (secondary N) is 1. The van der Waals surface area contributed by atoms with Crippen LogP contribution in [0.15, 0.2) is 30.6 Å². The van der Waals surface area contributed by atoms with E-state index in [0.29, 0.717) is 11.8 Å². The van der Waals surface area contributed by atoms with Crippen LogP contribution in [0.4, 0.5) is 5.95 Å². The molecule has 0 spiro atoms. The Bertz CT molecular complexity index is 675. The summed E-state index contributed by atoms with van der Waals surface area (Å²) in [6.45, 7) is 2.12. The number of anilines is 1. The maximum atomic E-state index is 4.80. The molecule has 0 bridgehead atoms. The van der Waals surface area contributed by atoms with Gasteiger partial charge in [-0.1, -0.05) is 12.8 Å². The topological polar surface area (TPSA) is 50.7 Å². The van der Waals surface area contributed by atoms with Gasteiger partial charge in [-0.3, -0.25) is 4.98 Å². The van der Waals surface area contributed by atoms with E-state index in [9.17, 15) is 0 Å². The number of rotatable bonds is 5. The van der Waals surface area contributed by atoms with Crippen LogP contribution in [0.2, 0.25) is 0 Å². The molecule has 1 atom stereocenters. The van der Waals surface area contributed by atoms with Crippen molar-refractivity contribution in [1.29, 1.82) is 0 Å². The van der Waals surface area contributed by atoms with Crippen LogP contribution < -0.4 is 5.32 Å². The number of nitrogens with zero attached hydrogens (tertiary/aromatic N) is 3. The first kappa shape index (κ1) is 14.6. The number of pyridine rings is 1. The van der Waals surface area contributed by atoms with E-state index in [1.54, 1.807) is 0 Å². The van der Waals surface area contributed by atoms with Crippen molar-refractivity contribution in [2.24, 2.45) is 5.92 Å². The van der Waals surface area contributed by atoms with Crippen LogP contribution in [0.1, 0.15) is 67.4 Å². The van der Waals surface area contributed by atoms with Crippen LogP contribution in [-0.4, -0.2) is 15.0 Å². The van der Waals surface area contributed by atoms with Gasteiger partial charge in [0.2, 0.25) is 5.95 Å². The first-order valence-corrected chi connectivity index (χ1v) is 8.81. The average Bonchev–Trinajstić information content (AvgIpc) is 3.26. The lowest BCUT2D eigenvalue weighted by Gasteiger charge is -2.19. The minimum atomic E-state index is 0.230. The van der Waals surface area contributed by atoms with E-state index in [4.69, 9.17) is 4.98 Å². The molecule has 120 valence electrons. The van der Waals surface area contributed by atoms with Gasteiger partial charge in [-0.05, 0) is 62.3 Å². The fraction of sp³-hybridized carbons (Fsp3) is 0.526. The maximum Gasteiger partial charge on any atom is 0.223 e. The molecule has 2 saturated carbocycles. The molecule has 0 aromatic carbocycles. The molecule has 0 aliphatic heterocycles. The zero-order valence-corrected chi connectivity index (χ0v) is 13.7. The normalized spacial score (nSPS) is 19.7. The van der Waals surface area contributed by atoms with Crippen molar-refractivity contribution in [1.82, 2.24) is 15.0 Å². The van der Waals surface area contributed by atoms with Gasteiger partial charge in [0.25, 0.3) is 0 Å². The molecule has 0 saturated heterocycles. The molecule has 0 amide bonds. The van der Waals surface area contributed by atoms with E-state index in [2.05, 4.69) is 34.3 Å². The Labute approximate surface area is 137 Å². The predicted molar refractivity (Wildman–Crippen MR) is 91.3 cm³/mol. The summed E-state index contributed by atoms with van der Waals surface area (Å²) in [6.07, 6.45) is 11.5. The molecule has 2 aliphatic carbocycles. The summed E-state index contributed by atoms with van der Waals surface area (Å²) in [4.78, 5) is 13.8. The van der Waals surface area contributed by atoms with Crippen molar-refractivity contribution in [3.05, 3.63) is 47.5 Å². The Kier molecular flexibility index (Phi) is 3.98. The number of aryl methyl sites for hydroxylation is 1. The Balaban J connectivity index is 1.56. The lowest BCUT2D eigenvalue weighted by Crippen LogP contribution is -2.17. The van der Waals surface area contributed by atoms with E-state index < -0.39 is 0 Å². The van der Waals surface area contributed by atoms with E-state index in [1.165, 1.54) is 49.8 Å². The quantitative estimate of drug-likeness (QED) is 0.889. The highest BCUT2D eigenvalue weighted by atomic mass is 15.1. The molecule has 4 nitrogen and oxygen atoms in total. The second-order valence-corrected chi connectivity index (χ2v) is 7.00. The molecule has 2 heterocycles. The molecule has 2 aromatic rings. The highest BCUT2D eigenvalue weighted by Crippen LogP contribution is 2.42. The monoisotopic (exact) mass is 308 g/mol. The summed E-state index contributed by atoms with van der Waals surface area (Å²) < 4.78 is 0. The molecule has 2 aromatic heterocycles. The second kappa shape index (κ2) is 6.26. The molecule has 0 unspecified atom stereocenters. The summed E-state index contributed by atoms with van der Waals surface area (Å²) in [5.74, 6) is 2.03. The minimum absolute atomic E-state index is 0.230.